The Bertz CT molecular complexity index is 292. The third kappa shape index (κ3) is 2.67. The summed E-state index contributed by atoms with van der Waals surface area (Å²) in [4.78, 5) is 4.45. The van der Waals surface area contributed by atoms with E-state index in [1.54, 1.807) is 0 Å². The molecule has 0 saturated carbocycles. The molecule has 1 atom stereocenters. The van der Waals surface area contributed by atoms with Gasteiger partial charge < -0.3 is 5.32 Å². The number of allylic oxidation sites excluding steroid dienone is 1. The molecule has 0 aliphatic rings. The van der Waals surface area contributed by atoms with Crippen molar-refractivity contribution >= 4 is 0 Å². The van der Waals surface area contributed by atoms with Gasteiger partial charge in [0.05, 0.1) is 11.7 Å². The molecule has 0 bridgehead atoms. The Morgan fingerprint density at radius 2 is 2.23 bits per heavy atom. The van der Waals surface area contributed by atoms with Gasteiger partial charge in [-0.1, -0.05) is 18.2 Å². The van der Waals surface area contributed by atoms with E-state index in [0.717, 1.165) is 11.4 Å². The number of nitrogens with zero attached hydrogens (tertiary/aromatic N) is 1. The van der Waals surface area contributed by atoms with E-state index >= 15 is 0 Å². The summed E-state index contributed by atoms with van der Waals surface area (Å²) < 4.78 is 0. The first-order chi connectivity index (χ1) is 6.27. The Kier molecular flexibility index (Phi) is 3.65. The summed E-state index contributed by atoms with van der Waals surface area (Å²) >= 11 is 0. The molecule has 0 spiro atoms. The lowest BCUT2D eigenvalue weighted by molar-refractivity contribution is 0.689. The second-order valence-electron chi connectivity index (χ2n) is 3.00. The number of hydrogen-bond donors (Lipinski definition) is 1. The van der Waals surface area contributed by atoms with Gasteiger partial charge in [0.15, 0.2) is 0 Å². The largest absolute Gasteiger partial charge is 0.309 e. The second-order valence-corrected chi connectivity index (χ2v) is 3.00. The molecule has 0 amide bonds. The summed E-state index contributed by atoms with van der Waals surface area (Å²) in [6, 6.07) is 6.30. The van der Waals surface area contributed by atoms with Crippen LogP contribution in [-0.4, -0.2) is 12.0 Å². The smallest absolute Gasteiger partial charge is 0.0678 e. The van der Waals surface area contributed by atoms with E-state index in [1.807, 2.05) is 45.2 Å². The van der Waals surface area contributed by atoms with Crippen LogP contribution in [0.4, 0.5) is 0 Å². The highest BCUT2D eigenvalue weighted by atomic mass is 14.9. The van der Waals surface area contributed by atoms with Gasteiger partial charge in [0.25, 0.3) is 0 Å². The molecular weight excluding hydrogens is 160 g/mol. The zero-order chi connectivity index (χ0) is 9.68. The van der Waals surface area contributed by atoms with Crippen molar-refractivity contribution in [3.63, 3.8) is 0 Å². The van der Waals surface area contributed by atoms with E-state index < -0.39 is 0 Å². The topological polar surface area (TPSA) is 24.9 Å². The van der Waals surface area contributed by atoms with Crippen molar-refractivity contribution in [3.05, 3.63) is 41.7 Å². The van der Waals surface area contributed by atoms with Crippen molar-refractivity contribution in [2.45, 2.75) is 19.9 Å². The van der Waals surface area contributed by atoms with Gasteiger partial charge in [0.1, 0.15) is 0 Å². The van der Waals surface area contributed by atoms with Crippen molar-refractivity contribution in [1.82, 2.24) is 10.3 Å². The van der Waals surface area contributed by atoms with Gasteiger partial charge >= 0.3 is 0 Å². The Hall–Kier alpha value is -1.15. The van der Waals surface area contributed by atoms with Crippen LogP contribution in [-0.2, 0) is 0 Å². The average molecular weight is 176 g/mol. The Morgan fingerprint density at radius 3 is 2.77 bits per heavy atom. The minimum atomic E-state index is 0.227. The first kappa shape index (κ1) is 9.93. The van der Waals surface area contributed by atoms with Crippen LogP contribution in [0.15, 0.2) is 30.4 Å². The molecule has 1 rings (SSSR count). The second kappa shape index (κ2) is 4.77. The van der Waals surface area contributed by atoms with Gasteiger partial charge in [-0.3, -0.25) is 4.98 Å². The van der Waals surface area contributed by atoms with Crippen LogP contribution < -0.4 is 5.32 Å². The normalized spacial score (nSPS) is 13.5. The molecule has 0 aliphatic heterocycles. The molecule has 1 aromatic rings. The number of pyridine rings is 1. The maximum Gasteiger partial charge on any atom is 0.0678 e. The summed E-state index contributed by atoms with van der Waals surface area (Å²) in [5, 5.41) is 3.20. The lowest BCUT2D eigenvalue weighted by Crippen LogP contribution is -2.15. The van der Waals surface area contributed by atoms with E-state index in [2.05, 4.69) is 16.4 Å². The molecule has 0 fully saturated rings. The van der Waals surface area contributed by atoms with Crippen LogP contribution in [0.1, 0.15) is 24.4 Å². The predicted molar refractivity (Wildman–Crippen MR) is 55.6 cm³/mol. The Labute approximate surface area is 79.7 Å². The fourth-order valence-corrected chi connectivity index (χ4v) is 1.27. The maximum atomic E-state index is 4.45. The molecule has 0 aliphatic carbocycles. The monoisotopic (exact) mass is 176 g/mol. The van der Waals surface area contributed by atoms with Crippen LogP contribution in [0.25, 0.3) is 0 Å². The molecular formula is C11H16N2. The minimum Gasteiger partial charge on any atom is -0.309 e. The zero-order valence-electron chi connectivity index (χ0n) is 8.41. The van der Waals surface area contributed by atoms with E-state index in [1.165, 1.54) is 0 Å². The van der Waals surface area contributed by atoms with Crippen molar-refractivity contribution in [1.29, 1.82) is 0 Å². The highest BCUT2D eigenvalue weighted by Gasteiger charge is 2.05. The molecule has 70 valence electrons. The molecule has 13 heavy (non-hydrogen) atoms. The average Bonchev–Trinajstić information content (AvgIpc) is 2.14. The SMILES string of the molecule is C/C=C\[C@H](NC)c1cccc(C)n1. The van der Waals surface area contributed by atoms with Gasteiger partial charge in [-0.25, -0.2) is 0 Å². The summed E-state index contributed by atoms with van der Waals surface area (Å²) in [5.41, 5.74) is 2.13. The number of aryl methyl sites for hydroxylation is 1. The summed E-state index contributed by atoms with van der Waals surface area (Å²) in [5.74, 6) is 0. The first-order valence-corrected chi connectivity index (χ1v) is 4.51. The van der Waals surface area contributed by atoms with Crippen LogP contribution in [0.2, 0.25) is 0 Å². The van der Waals surface area contributed by atoms with Crippen molar-refractivity contribution in [2.24, 2.45) is 0 Å². The molecule has 1 N–H and O–H groups in total. The maximum absolute atomic E-state index is 4.45. The molecule has 1 aromatic heterocycles. The van der Waals surface area contributed by atoms with Gasteiger partial charge in [0, 0.05) is 5.69 Å². The van der Waals surface area contributed by atoms with Crippen LogP contribution >= 0.6 is 0 Å². The van der Waals surface area contributed by atoms with Crippen LogP contribution in [0.3, 0.4) is 0 Å². The highest BCUT2D eigenvalue weighted by Crippen LogP contribution is 2.11. The van der Waals surface area contributed by atoms with Crippen molar-refractivity contribution in [3.8, 4) is 0 Å². The molecule has 2 nitrogen and oxygen atoms in total. The van der Waals surface area contributed by atoms with Crippen molar-refractivity contribution < 1.29 is 0 Å². The number of nitrogens with one attached hydrogen (secondary N) is 1. The highest BCUT2D eigenvalue weighted by molar-refractivity contribution is 5.17. The summed E-state index contributed by atoms with van der Waals surface area (Å²) in [7, 11) is 1.94. The summed E-state index contributed by atoms with van der Waals surface area (Å²) in [6.45, 7) is 4.02. The quantitative estimate of drug-likeness (QED) is 0.714. The van der Waals surface area contributed by atoms with Gasteiger partial charge in [-0.2, -0.15) is 0 Å². The van der Waals surface area contributed by atoms with Crippen LogP contribution in [0.5, 0.6) is 0 Å². The fourth-order valence-electron chi connectivity index (χ4n) is 1.27. The predicted octanol–water partition coefficient (Wildman–Crippen LogP) is 2.23. The number of aromatic nitrogens is 1. The van der Waals surface area contributed by atoms with E-state index in [-0.39, 0.29) is 6.04 Å². The Balaban J connectivity index is 2.91. The molecule has 0 aromatic carbocycles. The number of hydrogen-bond acceptors (Lipinski definition) is 2. The van der Waals surface area contributed by atoms with Crippen LogP contribution in [0, 0.1) is 6.92 Å². The van der Waals surface area contributed by atoms with E-state index in [4.69, 9.17) is 0 Å². The van der Waals surface area contributed by atoms with Crippen molar-refractivity contribution in [2.75, 3.05) is 7.05 Å². The molecule has 1 heterocycles. The summed E-state index contributed by atoms with van der Waals surface area (Å²) in [6.07, 6.45) is 4.13. The number of rotatable bonds is 3. The molecule has 0 radical (unpaired) electrons. The molecule has 0 saturated heterocycles. The van der Waals surface area contributed by atoms with Gasteiger partial charge in [0.2, 0.25) is 0 Å². The van der Waals surface area contributed by atoms with E-state index in [0.29, 0.717) is 0 Å². The third-order valence-corrected chi connectivity index (χ3v) is 1.92. The minimum absolute atomic E-state index is 0.227. The molecule has 2 heteroatoms. The third-order valence-electron chi connectivity index (χ3n) is 1.92. The number of likely N-dealkylation sites (N-methyl/N-ethyl adjacent to an activating group) is 1. The zero-order valence-corrected chi connectivity index (χ0v) is 8.41. The lowest BCUT2D eigenvalue weighted by atomic mass is 10.1. The first-order valence-electron chi connectivity index (χ1n) is 4.51. The van der Waals surface area contributed by atoms with Gasteiger partial charge in [-0.05, 0) is 33.0 Å². The lowest BCUT2D eigenvalue weighted by Gasteiger charge is -2.10. The Morgan fingerprint density at radius 1 is 1.46 bits per heavy atom. The standard InChI is InChI=1S/C11H16N2/c1-4-6-10(12-3)11-8-5-7-9(2)13-11/h4-8,10,12H,1-3H3/b6-4-/t10-/m0/s1. The van der Waals surface area contributed by atoms with E-state index in [9.17, 15) is 0 Å². The fraction of sp³-hybridized carbons (Fsp3) is 0.364. The molecule has 0 unspecified atom stereocenters. The van der Waals surface area contributed by atoms with Gasteiger partial charge in [-0.15, -0.1) is 0 Å².